The first-order chi connectivity index (χ1) is 6.15. The van der Waals surface area contributed by atoms with Gasteiger partial charge in [-0.2, -0.15) is 0 Å². The van der Waals surface area contributed by atoms with E-state index in [-0.39, 0.29) is 0 Å². The third-order valence-corrected chi connectivity index (χ3v) is 2.10. The molecule has 1 atom stereocenters. The highest BCUT2D eigenvalue weighted by atomic mass is 31.2. The summed E-state index contributed by atoms with van der Waals surface area (Å²) in [5.41, 5.74) is 5.20. The molecule has 0 aromatic heterocycles. The Morgan fingerprint density at radius 3 is 2.21 bits per heavy atom. The molecule has 8 nitrogen and oxygen atoms in total. The number of rotatable bonds is 3. The minimum absolute atomic E-state index is 0.459. The standard InChI is InChI=1S/C5H14N3O5P/c1-3(4(9)10)8(2)5(6)7-14(11,12)13/h3-4,9-10H,1-2H3,(H4,6,7,11,12,13). The Hall–Kier alpha value is -0.660. The maximum atomic E-state index is 10.4. The van der Waals surface area contributed by atoms with Crippen LogP contribution in [0, 0.1) is 0 Å². The molecule has 0 bridgehead atoms. The van der Waals surface area contributed by atoms with Crippen molar-refractivity contribution in [3.05, 3.63) is 0 Å². The Kier molecular flexibility index (Phi) is 4.50. The van der Waals surface area contributed by atoms with E-state index in [1.807, 2.05) is 0 Å². The predicted molar refractivity (Wildman–Crippen MR) is 49.1 cm³/mol. The van der Waals surface area contributed by atoms with E-state index in [1.165, 1.54) is 14.0 Å². The van der Waals surface area contributed by atoms with Crippen LogP contribution >= 0.6 is 7.75 Å². The van der Waals surface area contributed by atoms with Crippen LogP contribution in [0.15, 0.2) is 4.76 Å². The molecule has 0 aliphatic heterocycles. The van der Waals surface area contributed by atoms with Gasteiger partial charge in [0.1, 0.15) is 0 Å². The lowest BCUT2D eigenvalue weighted by molar-refractivity contribution is -0.0784. The third kappa shape index (κ3) is 4.54. The monoisotopic (exact) mass is 227 g/mol. The molecule has 6 N–H and O–H groups in total. The molecule has 0 fully saturated rings. The molecule has 0 amide bonds. The average molecular weight is 227 g/mol. The van der Waals surface area contributed by atoms with E-state index in [2.05, 4.69) is 4.76 Å². The largest absolute Gasteiger partial charge is 0.451 e. The first kappa shape index (κ1) is 13.3. The molecule has 14 heavy (non-hydrogen) atoms. The number of guanidine groups is 1. The summed E-state index contributed by atoms with van der Waals surface area (Å²) in [7, 11) is -3.26. The van der Waals surface area contributed by atoms with Gasteiger partial charge in [-0.25, -0.2) is 4.57 Å². The van der Waals surface area contributed by atoms with E-state index in [0.717, 1.165) is 4.90 Å². The summed E-state index contributed by atoms with van der Waals surface area (Å²) in [6.07, 6.45) is -1.68. The van der Waals surface area contributed by atoms with Crippen molar-refractivity contribution in [3.63, 3.8) is 0 Å². The normalized spacial score (nSPS) is 15.8. The van der Waals surface area contributed by atoms with Crippen LogP contribution in [0.4, 0.5) is 0 Å². The molecule has 0 saturated carbocycles. The Balaban J connectivity index is 4.63. The molecular weight excluding hydrogens is 213 g/mol. The second-order valence-corrected chi connectivity index (χ2v) is 3.96. The van der Waals surface area contributed by atoms with E-state index >= 15 is 0 Å². The zero-order chi connectivity index (χ0) is 11.5. The number of hydrogen-bond donors (Lipinski definition) is 5. The molecule has 0 aliphatic carbocycles. The minimum atomic E-state index is -4.59. The molecule has 0 aromatic carbocycles. The number of hydrogen-bond acceptors (Lipinski definition) is 3. The highest BCUT2D eigenvalue weighted by Gasteiger charge is 2.20. The highest BCUT2D eigenvalue weighted by Crippen LogP contribution is 2.36. The Morgan fingerprint density at radius 2 is 1.93 bits per heavy atom. The van der Waals surface area contributed by atoms with Crippen LogP contribution in [0.3, 0.4) is 0 Å². The van der Waals surface area contributed by atoms with Gasteiger partial charge in [-0.15, -0.1) is 4.76 Å². The fourth-order valence-corrected chi connectivity index (χ4v) is 1.02. The van der Waals surface area contributed by atoms with Gasteiger partial charge in [0.05, 0.1) is 6.04 Å². The third-order valence-electron chi connectivity index (χ3n) is 1.64. The molecule has 0 radical (unpaired) electrons. The average Bonchev–Trinajstić information content (AvgIpc) is 1.98. The van der Waals surface area contributed by atoms with Crippen LogP contribution in [0.25, 0.3) is 0 Å². The Morgan fingerprint density at radius 1 is 1.50 bits per heavy atom. The Bertz CT molecular complexity index is 262. The van der Waals surface area contributed by atoms with Crippen LogP contribution in [0.5, 0.6) is 0 Å². The van der Waals surface area contributed by atoms with Crippen molar-refractivity contribution in [2.24, 2.45) is 10.5 Å². The number of aliphatic hydroxyl groups excluding tert-OH is 1. The summed E-state index contributed by atoms with van der Waals surface area (Å²) in [5.74, 6) is -0.459. The Labute approximate surface area is 80.9 Å². The van der Waals surface area contributed by atoms with Gasteiger partial charge in [0.15, 0.2) is 6.29 Å². The number of nitrogens with two attached hydrogens (primary N) is 1. The van der Waals surface area contributed by atoms with Crippen molar-refractivity contribution in [2.75, 3.05) is 7.05 Å². The predicted octanol–water partition coefficient (Wildman–Crippen LogP) is -1.98. The lowest BCUT2D eigenvalue weighted by Crippen LogP contribution is -2.46. The summed E-state index contributed by atoms with van der Waals surface area (Å²) < 4.78 is 13.3. The summed E-state index contributed by atoms with van der Waals surface area (Å²) in [5, 5.41) is 17.5. The lowest BCUT2D eigenvalue weighted by Gasteiger charge is -2.26. The maximum Gasteiger partial charge on any atom is 0.451 e. The van der Waals surface area contributed by atoms with Crippen molar-refractivity contribution in [2.45, 2.75) is 19.3 Å². The molecule has 0 saturated heterocycles. The highest BCUT2D eigenvalue weighted by molar-refractivity contribution is 7.50. The van der Waals surface area contributed by atoms with Gasteiger partial charge in [-0.05, 0) is 6.92 Å². The first-order valence-electron chi connectivity index (χ1n) is 3.65. The molecule has 0 spiro atoms. The zero-order valence-electron chi connectivity index (χ0n) is 7.77. The van der Waals surface area contributed by atoms with Gasteiger partial charge in [0.25, 0.3) is 0 Å². The smallest absolute Gasteiger partial charge is 0.369 e. The van der Waals surface area contributed by atoms with Gasteiger partial charge < -0.3 is 30.6 Å². The van der Waals surface area contributed by atoms with Crippen LogP contribution < -0.4 is 5.73 Å². The molecule has 0 heterocycles. The van der Waals surface area contributed by atoms with Gasteiger partial charge in [0, 0.05) is 7.05 Å². The molecule has 0 rings (SSSR count). The summed E-state index contributed by atoms with van der Waals surface area (Å²) in [4.78, 5) is 17.9. The lowest BCUT2D eigenvalue weighted by atomic mass is 10.3. The van der Waals surface area contributed by atoms with Crippen LogP contribution in [-0.2, 0) is 4.57 Å². The summed E-state index contributed by atoms with van der Waals surface area (Å²) >= 11 is 0. The van der Waals surface area contributed by atoms with Crippen LogP contribution in [0.2, 0.25) is 0 Å². The molecule has 0 aromatic rings. The van der Waals surface area contributed by atoms with Crippen molar-refractivity contribution < 1.29 is 24.6 Å². The maximum absolute atomic E-state index is 10.4. The van der Waals surface area contributed by atoms with E-state index in [9.17, 15) is 4.57 Å². The van der Waals surface area contributed by atoms with Crippen LogP contribution in [0.1, 0.15) is 6.92 Å². The fraction of sp³-hybridized carbons (Fsp3) is 0.800. The molecule has 9 heteroatoms. The number of likely N-dealkylation sites (N-methyl/N-ethyl adjacent to an activating group) is 1. The molecule has 1 unspecified atom stereocenters. The van der Waals surface area contributed by atoms with Gasteiger partial charge in [0.2, 0.25) is 5.96 Å². The number of nitrogens with zero attached hydrogens (tertiary/aromatic N) is 2. The van der Waals surface area contributed by atoms with Crippen molar-refractivity contribution >= 4 is 13.7 Å². The molecule has 0 aliphatic rings. The minimum Gasteiger partial charge on any atom is -0.369 e. The van der Waals surface area contributed by atoms with E-state index in [4.69, 9.17) is 25.7 Å². The topological polar surface area (TPSA) is 140 Å². The van der Waals surface area contributed by atoms with Crippen molar-refractivity contribution in [1.82, 2.24) is 4.90 Å². The SMILES string of the molecule is CC(C(O)O)N(C)C(N)=NP(=O)(O)O. The van der Waals surface area contributed by atoms with Crippen LogP contribution in [-0.4, -0.2) is 50.2 Å². The van der Waals surface area contributed by atoms with Gasteiger partial charge in [-0.3, -0.25) is 0 Å². The van der Waals surface area contributed by atoms with Crippen molar-refractivity contribution in [3.8, 4) is 0 Å². The number of aliphatic hydroxyl groups is 2. The molecule has 84 valence electrons. The quantitative estimate of drug-likeness (QED) is 0.163. The summed E-state index contributed by atoms with van der Waals surface area (Å²) in [6, 6.07) is -0.815. The van der Waals surface area contributed by atoms with Crippen molar-refractivity contribution in [1.29, 1.82) is 0 Å². The summed E-state index contributed by atoms with van der Waals surface area (Å²) in [6.45, 7) is 1.41. The van der Waals surface area contributed by atoms with Gasteiger partial charge >= 0.3 is 7.75 Å². The zero-order valence-corrected chi connectivity index (χ0v) is 8.67. The van der Waals surface area contributed by atoms with Gasteiger partial charge in [-0.1, -0.05) is 0 Å². The second-order valence-electron chi connectivity index (χ2n) is 2.74. The molecular formula is C5H14N3O5P. The van der Waals surface area contributed by atoms with E-state index < -0.39 is 26.0 Å². The first-order valence-corrected chi connectivity index (χ1v) is 5.22. The van der Waals surface area contributed by atoms with E-state index in [0.29, 0.717) is 0 Å². The van der Waals surface area contributed by atoms with E-state index in [1.54, 1.807) is 0 Å². The second kappa shape index (κ2) is 4.72. The fourth-order valence-electron chi connectivity index (χ4n) is 0.613.